The number of hydrogen-bond donors (Lipinski definition) is 1. The number of hydrogen-bond acceptors (Lipinski definition) is 2. The van der Waals surface area contributed by atoms with Crippen molar-refractivity contribution < 1.29 is 9.13 Å². The second-order valence-corrected chi connectivity index (χ2v) is 6.54. The van der Waals surface area contributed by atoms with Crippen molar-refractivity contribution in [2.75, 3.05) is 19.0 Å². The molecule has 0 bridgehead atoms. The largest absolute Gasteiger partial charge is 0.497 e. The summed E-state index contributed by atoms with van der Waals surface area (Å²) in [7, 11) is 1.65. The maximum Gasteiger partial charge on any atom is 0.123 e. The summed E-state index contributed by atoms with van der Waals surface area (Å²) in [5.41, 5.74) is 3.29. The fraction of sp³-hybridized carbons (Fsp3) is 0.182. The SMILES string of the molecule is COc1ccc(NCCC(c2ccc(F)cc2)c2ccc(Cl)cc2)cc1. The molecule has 3 aromatic carbocycles. The first kappa shape index (κ1) is 18.3. The lowest BCUT2D eigenvalue weighted by Gasteiger charge is -2.19. The molecule has 0 saturated heterocycles. The summed E-state index contributed by atoms with van der Waals surface area (Å²) in [5, 5.41) is 4.14. The Bertz CT molecular complexity index is 771. The highest BCUT2D eigenvalue weighted by Crippen LogP contribution is 2.29. The molecule has 0 aliphatic rings. The quantitative estimate of drug-likeness (QED) is 0.541. The third-order valence-corrected chi connectivity index (χ3v) is 4.65. The van der Waals surface area contributed by atoms with Crippen LogP contribution in [0.25, 0.3) is 0 Å². The van der Waals surface area contributed by atoms with E-state index in [1.54, 1.807) is 7.11 Å². The van der Waals surface area contributed by atoms with E-state index in [1.807, 2.05) is 60.7 Å². The first-order valence-corrected chi connectivity index (χ1v) is 8.92. The minimum atomic E-state index is -0.222. The van der Waals surface area contributed by atoms with E-state index in [4.69, 9.17) is 16.3 Å². The predicted octanol–water partition coefficient (Wildman–Crippen LogP) is 6.12. The van der Waals surface area contributed by atoms with Crippen molar-refractivity contribution in [3.63, 3.8) is 0 Å². The van der Waals surface area contributed by atoms with Crippen LogP contribution in [-0.4, -0.2) is 13.7 Å². The van der Waals surface area contributed by atoms with E-state index >= 15 is 0 Å². The summed E-state index contributed by atoms with van der Waals surface area (Å²) >= 11 is 6.02. The smallest absolute Gasteiger partial charge is 0.123 e. The van der Waals surface area contributed by atoms with Gasteiger partial charge >= 0.3 is 0 Å². The van der Waals surface area contributed by atoms with E-state index in [0.29, 0.717) is 5.02 Å². The number of rotatable bonds is 7. The highest BCUT2D eigenvalue weighted by Gasteiger charge is 2.14. The van der Waals surface area contributed by atoms with Gasteiger partial charge in [0.25, 0.3) is 0 Å². The highest BCUT2D eigenvalue weighted by atomic mass is 35.5. The standard InChI is InChI=1S/C22H21ClFNO/c1-26-21-12-10-20(11-13-21)25-15-14-22(16-2-6-18(23)7-3-16)17-4-8-19(24)9-5-17/h2-13,22,25H,14-15H2,1H3. The van der Waals surface area contributed by atoms with Gasteiger partial charge < -0.3 is 10.1 Å². The fourth-order valence-corrected chi connectivity index (χ4v) is 3.11. The Hall–Kier alpha value is -2.52. The van der Waals surface area contributed by atoms with Gasteiger partial charge in [-0.3, -0.25) is 0 Å². The second kappa shape index (κ2) is 8.72. The number of methoxy groups -OCH3 is 1. The molecule has 0 heterocycles. The molecule has 2 nitrogen and oxygen atoms in total. The van der Waals surface area contributed by atoms with Gasteiger partial charge in [0.2, 0.25) is 0 Å². The Balaban J connectivity index is 1.72. The van der Waals surface area contributed by atoms with Gasteiger partial charge in [-0.2, -0.15) is 0 Å². The molecule has 134 valence electrons. The van der Waals surface area contributed by atoms with Gasteiger partial charge in [0, 0.05) is 23.2 Å². The zero-order chi connectivity index (χ0) is 18.4. The third-order valence-electron chi connectivity index (χ3n) is 4.40. The van der Waals surface area contributed by atoms with Gasteiger partial charge in [-0.05, 0) is 66.1 Å². The molecule has 4 heteroatoms. The molecule has 0 fully saturated rings. The molecule has 0 spiro atoms. The van der Waals surface area contributed by atoms with Gasteiger partial charge in [-0.25, -0.2) is 4.39 Å². The van der Waals surface area contributed by atoms with Crippen LogP contribution < -0.4 is 10.1 Å². The molecule has 3 aromatic rings. The molecule has 0 amide bonds. The first-order chi connectivity index (χ1) is 12.7. The molecule has 3 rings (SSSR count). The van der Waals surface area contributed by atoms with Crippen LogP contribution in [0.3, 0.4) is 0 Å². The zero-order valence-electron chi connectivity index (χ0n) is 14.6. The maximum atomic E-state index is 13.3. The molecular weight excluding hydrogens is 349 g/mol. The van der Waals surface area contributed by atoms with E-state index < -0.39 is 0 Å². The van der Waals surface area contributed by atoms with Gasteiger partial charge in [0.15, 0.2) is 0 Å². The molecule has 1 atom stereocenters. The van der Waals surface area contributed by atoms with Crippen LogP contribution >= 0.6 is 11.6 Å². The zero-order valence-corrected chi connectivity index (χ0v) is 15.3. The number of benzene rings is 3. The third kappa shape index (κ3) is 4.77. The molecule has 0 saturated carbocycles. The molecule has 26 heavy (non-hydrogen) atoms. The van der Waals surface area contributed by atoms with Crippen LogP contribution in [0.1, 0.15) is 23.5 Å². The lowest BCUT2D eigenvalue weighted by atomic mass is 9.88. The second-order valence-electron chi connectivity index (χ2n) is 6.10. The Labute approximate surface area is 158 Å². The average molecular weight is 370 g/mol. The Morgan fingerprint density at radius 3 is 2.04 bits per heavy atom. The molecule has 1 N–H and O–H groups in total. The Kier molecular flexibility index (Phi) is 6.13. The normalized spacial score (nSPS) is 11.8. The van der Waals surface area contributed by atoms with Crippen LogP contribution in [-0.2, 0) is 0 Å². The first-order valence-electron chi connectivity index (χ1n) is 8.54. The number of halogens is 2. The summed E-state index contributed by atoms with van der Waals surface area (Å²) in [5.74, 6) is 0.777. The summed E-state index contributed by atoms with van der Waals surface area (Å²) < 4.78 is 18.5. The summed E-state index contributed by atoms with van der Waals surface area (Å²) in [6.45, 7) is 0.789. The highest BCUT2D eigenvalue weighted by molar-refractivity contribution is 6.30. The van der Waals surface area contributed by atoms with Crippen molar-refractivity contribution in [2.24, 2.45) is 0 Å². The Morgan fingerprint density at radius 1 is 0.885 bits per heavy atom. The molecule has 0 aliphatic carbocycles. The van der Waals surface area contributed by atoms with Crippen LogP contribution in [0.2, 0.25) is 5.02 Å². The lowest BCUT2D eigenvalue weighted by molar-refractivity contribution is 0.415. The molecule has 0 aliphatic heterocycles. The predicted molar refractivity (Wildman–Crippen MR) is 106 cm³/mol. The number of ether oxygens (including phenoxy) is 1. The van der Waals surface area contributed by atoms with Crippen molar-refractivity contribution in [2.45, 2.75) is 12.3 Å². The van der Waals surface area contributed by atoms with Gasteiger partial charge in [-0.15, -0.1) is 0 Å². The topological polar surface area (TPSA) is 21.3 Å². The molecular formula is C22H21ClFNO. The summed E-state index contributed by atoms with van der Waals surface area (Å²) in [6.07, 6.45) is 0.874. The minimum absolute atomic E-state index is 0.165. The molecule has 0 radical (unpaired) electrons. The van der Waals surface area contributed by atoms with Crippen LogP contribution in [0.5, 0.6) is 5.75 Å². The van der Waals surface area contributed by atoms with E-state index in [0.717, 1.165) is 35.5 Å². The van der Waals surface area contributed by atoms with E-state index in [1.165, 1.54) is 12.1 Å². The van der Waals surface area contributed by atoms with Crippen molar-refractivity contribution >= 4 is 17.3 Å². The summed E-state index contributed by atoms with van der Waals surface area (Å²) in [4.78, 5) is 0. The Morgan fingerprint density at radius 2 is 1.46 bits per heavy atom. The van der Waals surface area contributed by atoms with E-state index in [2.05, 4.69) is 5.32 Å². The maximum absolute atomic E-state index is 13.3. The van der Waals surface area contributed by atoms with Crippen LogP contribution in [0, 0.1) is 5.82 Å². The molecule has 1 unspecified atom stereocenters. The fourth-order valence-electron chi connectivity index (χ4n) is 2.99. The van der Waals surface area contributed by atoms with Crippen molar-refractivity contribution in [1.29, 1.82) is 0 Å². The van der Waals surface area contributed by atoms with Crippen LogP contribution in [0.4, 0.5) is 10.1 Å². The van der Waals surface area contributed by atoms with E-state index in [9.17, 15) is 4.39 Å². The number of nitrogens with one attached hydrogen (secondary N) is 1. The summed E-state index contributed by atoms with van der Waals surface area (Å²) in [6, 6.07) is 22.4. The number of anilines is 1. The van der Waals surface area contributed by atoms with Crippen molar-refractivity contribution in [3.8, 4) is 5.75 Å². The van der Waals surface area contributed by atoms with Crippen molar-refractivity contribution in [3.05, 3.63) is 94.8 Å². The van der Waals surface area contributed by atoms with E-state index in [-0.39, 0.29) is 11.7 Å². The van der Waals surface area contributed by atoms with Gasteiger partial charge in [0.05, 0.1) is 7.11 Å². The minimum Gasteiger partial charge on any atom is -0.497 e. The average Bonchev–Trinajstić information content (AvgIpc) is 2.68. The van der Waals surface area contributed by atoms with Gasteiger partial charge in [0.1, 0.15) is 11.6 Å². The lowest BCUT2D eigenvalue weighted by Crippen LogP contribution is -2.09. The van der Waals surface area contributed by atoms with Crippen LogP contribution in [0.15, 0.2) is 72.8 Å². The van der Waals surface area contributed by atoms with Gasteiger partial charge in [-0.1, -0.05) is 35.9 Å². The molecule has 0 aromatic heterocycles. The monoisotopic (exact) mass is 369 g/mol. The van der Waals surface area contributed by atoms with Crippen molar-refractivity contribution in [1.82, 2.24) is 0 Å².